The van der Waals surface area contributed by atoms with Gasteiger partial charge in [0.25, 0.3) is 0 Å². The predicted octanol–water partition coefficient (Wildman–Crippen LogP) is 4.98. The minimum atomic E-state index is -0.977. The number of rotatable bonds is 14. The van der Waals surface area contributed by atoms with Gasteiger partial charge in [-0.25, -0.2) is 4.79 Å². The van der Waals surface area contributed by atoms with Gasteiger partial charge in [0.05, 0.1) is 19.8 Å². The molecule has 6 heteroatoms. The number of hydrogen-bond acceptors (Lipinski definition) is 6. The molecule has 3 N–H and O–H groups in total. The Labute approximate surface area is 225 Å². The van der Waals surface area contributed by atoms with Crippen LogP contribution in [0, 0.1) is 5.41 Å². The van der Waals surface area contributed by atoms with Gasteiger partial charge < -0.3 is 24.8 Å². The molecule has 0 spiro atoms. The molecule has 0 amide bonds. The molecule has 0 fully saturated rings. The predicted molar refractivity (Wildman–Crippen MR) is 150 cm³/mol. The first-order valence-corrected chi connectivity index (χ1v) is 13.0. The van der Waals surface area contributed by atoms with Crippen LogP contribution < -0.4 is 4.74 Å². The summed E-state index contributed by atoms with van der Waals surface area (Å²) in [5.41, 5.74) is 5.86. The van der Waals surface area contributed by atoms with Crippen LogP contribution in [0.1, 0.15) is 31.4 Å². The fourth-order valence-corrected chi connectivity index (χ4v) is 4.24. The van der Waals surface area contributed by atoms with E-state index in [-0.39, 0.29) is 33.0 Å². The van der Waals surface area contributed by atoms with Gasteiger partial charge >= 0.3 is 5.97 Å². The quantitative estimate of drug-likeness (QED) is 0.158. The average Bonchev–Trinajstić information content (AvgIpc) is 2.96. The number of esters is 1. The summed E-state index contributed by atoms with van der Waals surface area (Å²) in [5, 5.41) is 29.2. The van der Waals surface area contributed by atoms with Crippen molar-refractivity contribution < 1.29 is 29.6 Å². The molecule has 3 aromatic rings. The van der Waals surface area contributed by atoms with Crippen LogP contribution in [0.15, 0.2) is 78.9 Å². The third-order valence-electron chi connectivity index (χ3n) is 6.82. The summed E-state index contributed by atoms with van der Waals surface area (Å²) in [7, 11) is 0. The van der Waals surface area contributed by atoms with E-state index in [0.29, 0.717) is 24.2 Å². The lowest BCUT2D eigenvalue weighted by Gasteiger charge is -2.27. The molecule has 0 heterocycles. The maximum atomic E-state index is 11.7. The molecule has 3 aromatic carbocycles. The minimum Gasteiger partial charge on any atom is -0.490 e. The van der Waals surface area contributed by atoms with Crippen LogP contribution in [0.5, 0.6) is 5.75 Å². The second-order valence-electron chi connectivity index (χ2n) is 9.65. The van der Waals surface area contributed by atoms with E-state index in [9.17, 15) is 20.1 Å². The Kier molecular flexibility index (Phi) is 10.7. The SMILES string of the molecule is C=C(C)C(=O)OCCOc1cc(-c2ccc(-c3ccccc3)cc2CC)ccc1CCC(CO)(CO)CO. The van der Waals surface area contributed by atoms with Gasteiger partial charge in [0.2, 0.25) is 0 Å². The van der Waals surface area contributed by atoms with Gasteiger partial charge in [0, 0.05) is 11.0 Å². The van der Waals surface area contributed by atoms with Gasteiger partial charge in [-0.1, -0.05) is 74.2 Å². The normalized spacial score (nSPS) is 11.3. The monoisotopic (exact) mass is 518 g/mol. The highest BCUT2D eigenvalue weighted by Gasteiger charge is 2.28. The number of carbonyl (C=O) groups is 1. The van der Waals surface area contributed by atoms with Crippen molar-refractivity contribution in [1.29, 1.82) is 0 Å². The van der Waals surface area contributed by atoms with Crippen molar-refractivity contribution in [2.75, 3.05) is 33.0 Å². The lowest BCUT2D eigenvalue weighted by atomic mass is 9.84. The molecule has 0 aliphatic carbocycles. The molecule has 202 valence electrons. The fraction of sp³-hybridized carbons (Fsp3) is 0.344. The molecular formula is C32H38O6. The van der Waals surface area contributed by atoms with Crippen molar-refractivity contribution in [3.05, 3.63) is 90.0 Å². The van der Waals surface area contributed by atoms with Crippen molar-refractivity contribution >= 4 is 5.97 Å². The Balaban J connectivity index is 1.90. The van der Waals surface area contributed by atoms with E-state index >= 15 is 0 Å². The average molecular weight is 519 g/mol. The van der Waals surface area contributed by atoms with Crippen molar-refractivity contribution in [3.63, 3.8) is 0 Å². The van der Waals surface area contributed by atoms with E-state index in [1.54, 1.807) is 6.92 Å². The number of hydrogen-bond donors (Lipinski definition) is 3. The van der Waals surface area contributed by atoms with Crippen LogP contribution in [0.4, 0.5) is 0 Å². The van der Waals surface area contributed by atoms with Gasteiger partial charge in [0.15, 0.2) is 0 Å². The molecule has 0 saturated heterocycles. The number of aliphatic hydroxyl groups is 3. The van der Waals surface area contributed by atoms with E-state index < -0.39 is 11.4 Å². The summed E-state index contributed by atoms with van der Waals surface area (Å²) in [6, 6.07) is 22.7. The number of carbonyl (C=O) groups excluding carboxylic acids is 1. The molecule has 0 unspecified atom stereocenters. The number of aliphatic hydroxyl groups excluding tert-OH is 3. The highest BCUT2D eigenvalue weighted by atomic mass is 16.6. The lowest BCUT2D eigenvalue weighted by Crippen LogP contribution is -2.34. The summed E-state index contributed by atoms with van der Waals surface area (Å²) < 4.78 is 11.2. The molecule has 0 atom stereocenters. The highest BCUT2D eigenvalue weighted by molar-refractivity contribution is 5.86. The van der Waals surface area contributed by atoms with Crippen molar-refractivity contribution in [2.45, 2.75) is 33.1 Å². The van der Waals surface area contributed by atoms with Crippen molar-refractivity contribution in [2.24, 2.45) is 5.41 Å². The third-order valence-corrected chi connectivity index (χ3v) is 6.82. The molecule has 38 heavy (non-hydrogen) atoms. The van der Waals surface area contributed by atoms with Gasteiger partial charge in [-0.2, -0.15) is 0 Å². The largest absolute Gasteiger partial charge is 0.490 e. The Morgan fingerprint density at radius 2 is 1.53 bits per heavy atom. The van der Waals surface area contributed by atoms with Gasteiger partial charge in [-0.3, -0.25) is 0 Å². The van der Waals surface area contributed by atoms with Gasteiger partial charge in [-0.05, 0) is 65.6 Å². The maximum Gasteiger partial charge on any atom is 0.333 e. The van der Waals surface area contributed by atoms with Crippen LogP contribution in [0.2, 0.25) is 0 Å². The van der Waals surface area contributed by atoms with Crippen LogP contribution in [-0.4, -0.2) is 54.3 Å². The van der Waals surface area contributed by atoms with E-state index in [2.05, 4.69) is 43.8 Å². The van der Waals surface area contributed by atoms with E-state index in [4.69, 9.17) is 9.47 Å². The summed E-state index contributed by atoms with van der Waals surface area (Å²) in [6.07, 6.45) is 1.72. The topological polar surface area (TPSA) is 96.2 Å². The summed E-state index contributed by atoms with van der Waals surface area (Å²) >= 11 is 0. The molecule has 0 bridgehead atoms. The van der Waals surface area contributed by atoms with Gasteiger partial charge in [0.1, 0.15) is 19.0 Å². The molecule has 6 nitrogen and oxygen atoms in total. The second kappa shape index (κ2) is 13.9. The zero-order valence-electron chi connectivity index (χ0n) is 22.3. The maximum absolute atomic E-state index is 11.7. The molecule has 0 radical (unpaired) electrons. The molecule has 0 aliphatic heterocycles. The number of ether oxygens (including phenoxy) is 2. The third kappa shape index (κ3) is 7.32. The van der Waals surface area contributed by atoms with E-state index in [1.807, 2.05) is 36.4 Å². The lowest BCUT2D eigenvalue weighted by molar-refractivity contribution is -0.139. The van der Waals surface area contributed by atoms with Crippen LogP contribution >= 0.6 is 0 Å². The highest BCUT2D eigenvalue weighted by Crippen LogP contribution is 2.34. The standard InChI is InChI=1S/C32H38O6/c1-4-24-18-27(25-8-6-5-7-9-25)12-13-29(24)28-11-10-26(14-15-32(20-33,21-34)22-35)30(19-28)37-16-17-38-31(36)23(2)3/h5-13,18-19,33-35H,2,4,14-17,20-22H2,1,3H3. The Hall–Kier alpha value is -3.45. The summed E-state index contributed by atoms with van der Waals surface area (Å²) in [4.78, 5) is 11.7. The Bertz CT molecular complexity index is 1210. The summed E-state index contributed by atoms with van der Waals surface area (Å²) in [5.74, 6) is 0.165. The number of benzene rings is 3. The molecule has 0 aromatic heterocycles. The first kappa shape index (κ1) is 29.1. The van der Waals surface area contributed by atoms with Gasteiger partial charge in [-0.15, -0.1) is 0 Å². The number of aryl methyl sites for hydroxylation is 2. The smallest absolute Gasteiger partial charge is 0.333 e. The van der Waals surface area contributed by atoms with Crippen LogP contribution in [0.3, 0.4) is 0 Å². The Morgan fingerprint density at radius 3 is 2.16 bits per heavy atom. The molecule has 0 aliphatic rings. The second-order valence-corrected chi connectivity index (χ2v) is 9.65. The zero-order chi connectivity index (χ0) is 27.5. The fourth-order valence-electron chi connectivity index (χ4n) is 4.24. The molecular weight excluding hydrogens is 480 g/mol. The van der Waals surface area contributed by atoms with Crippen molar-refractivity contribution in [3.8, 4) is 28.0 Å². The zero-order valence-corrected chi connectivity index (χ0v) is 22.3. The minimum absolute atomic E-state index is 0.0786. The first-order valence-electron chi connectivity index (χ1n) is 13.0. The van der Waals surface area contributed by atoms with E-state index in [1.165, 1.54) is 5.56 Å². The first-order chi connectivity index (χ1) is 18.4. The molecule has 0 saturated carbocycles. The Morgan fingerprint density at radius 1 is 0.842 bits per heavy atom. The van der Waals surface area contributed by atoms with E-state index in [0.717, 1.165) is 34.2 Å². The van der Waals surface area contributed by atoms with Crippen LogP contribution in [0.25, 0.3) is 22.3 Å². The summed E-state index contributed by atoms with van der Waals surface area (Å²) in [6.45, 7) is 6.59. The molecule has 3 rings (SSSR count). The van der Waals surface area contributed by atoms with Crippen LogP contribution in [-0.2, 0) is 22.4 Å². The van der Waals surface area contributed by atoms with Crippen molar-refractivity contribution in [1.82, 2.24) is 0 Å².